The van der Waals surface area contributed by atoms with Gasteiger partial charge in [-0.15, -0.1) is 0 Å². The predicted molar refractivity (Wildman–Crippen MR) is 313 cm³/mol. The van der Waals surface area contributed by atoms with E-state index in [0.29, 0.717) is 6.42 Å². The van der Waals surface area contributed by atoms with Crippen LogP contribution in [-0.2, 0) is 14.3 Å². The average Bonchev–Trinajstić information content (AvgIpc) is 3.40. The number of rotatable bonds is 55. The van der Waals surface area contributed by atoms with Gasteiger partial charge in [0.15, 0.2) is 6.29 Å². The SMILES string of the molecule is CCCCCCCCCC/C=C\CCCCCCCCCCCCCCCCCCCCCCCC(=O)NC(COC1OC(CO)C(O)C(O)C1O)C(O)/C=C/CC/C=C/CC/C=C/CCCCCCCCCC. The number of nitrogens with one attached hydrogen (secondary N) is 1. The van der Waals surface area contributed by atoms with Crippen LogP contribution in [-0.4, -0.2) is 87.5 Å². The van der Waals surface area contributed by atoms with Gasteiger partial charge in [0.05, 0.1) is 25.4 Å². The molecule has 0 spiro atoms. The lowest BCUT2D eigenvalue weighted by Crippen LogP contribution is -2.60. The fourth-order valence-corrected chi connectivity index (χ4v) is 10.1. The molecule has 1 aliphatic heterocycles. The maximum Gasteiger partial charge on any atom is 0.220 e. The van der Waals surface area contributed by atoms with E-state index in [1.165, 1.54) is 238 Å². The van der Waals surface area contributed by atoms with Crippen molar-refractivity contribution in [1.29, 1.82) is 0 Å². The Morgan fingerprint density at radius 1 is 0.446 bits per heavy atom. The summed E-state index contributed by atoms with van der Waals surface area (Å²) in [5.74, 6) is -0.186. The average molecular weight is 1040 g/mol. The van der Waals surface area contributed by atoms with E-state index in [-0.39, 0.29) is 12.5 Å². The first kappa shape index (κ1) is 70.2. The summed E-state index contributed by atoms with van der Waals surface area (Å²) in [6.07, 6.45) is 66.4. The van der Waals surface area contributed by atoms with Crippen LogP contribution in [0, 0.1) is 0 Å². The first-order chi connectivity index (χ1) is 36.3. The lowest BCUT2D eigenvalue weighted by atomic mass is 9.99. The summed E-state index contributed by atoms with van der Waals surface area (Å²) < 4.78 is 11.3. The molecule has 1 fully saturated rings. The second-order valence-electron chi connectivity index (χ2n) is 22.2. The van der Waals surface area contributed by atoms with Crippen LogP contribution in [0.15, 0.2) is 48.6 Å². The first-order valence-electron chi connectivity index (χ1n) is 31.9. The molecule has 1 rings (SSSR count). The smallest absolute Gasteiger partial charge is 0.220 e. The van der Waals surface area contributed by atoms with E-state index in [9.17, 15) is 30.3 Å². The van der Waals surface area contributed by atoms with Gasteiger partial charge in [0, 0.05) is 6.42 Å². The molecule has 0 aromatic rings. The van der Waals surface area contributed by atoms with Crippen LogP contribution in [0.1, 0.15) is 303 Å². The number of allylic oxidation sites excluding steroid dienone is 7. The van der Waals surface area contributed by atoms with Crippen LogP contribution in [0.4, 0.5) is 0 Å². The number of hydrogen-bond acceptors (Lipinski definition) is 8. The highest BCUT2D eigenvalue weighted by Crippen LogP contribution is 2.23. The minimum absolute atomic E-state index is 0.186. The number of hydrogen-bond donors (Lipinski definition) is 6. The molecule has 74 heavy (non-hydrogen) atoms. The number of aliphatic hydroxyl groups is 5. The first-order valence-corrected chi connectivity index (χ1v) is 31.9. The summed E-state index contributed by atoms with van der Waals surface area (Å²) in [5, 5.41) is 54.5. The van der Waals surface area contributed by atoms with Gasteiger partial charge in [-0.2, -0.15) is 0 Å². The molecule has 7 unspecified atom stereocenters. The van der Waals surface area contributed by atoms with E-state index in [1.807, 2.05) is 6.08 Å². The van der Waals surface area contributed by atoms with Gasteiger partial charge >= 0.3 is 0 Å². The zero-order chi connectivity index (χ0) is 53.6. The highest BCUT2D eigenvalue weighted by Gasteiger charge is 2.44. The minimum Gasteiger partial charge on any atom is -0.394 e. The summed E-state index contributed by atoms with van der Waals surface area (Å²) in [4.78, 5) is 13.1. The van der Waals surface area contributed by atoms with E-state index in [0.717, 1.165) is 44.9 Å². The molecule has 1 amide bonds. The van der Waals surface area contributed by atoms with Crippen LogP contribution >= 0.6 is 0 Å². The monoisotopic (exact) mass is 1040 g/mol. The van der Waals surface area contributed by atoms with Gasteiger partial charge in [-0.1, -0.05) is 274 Å². The van der Waals surface area contributed by atoms with Crippen molar-refractivity contribution in [1.82, 2.24) is 5.32 Å². The second kappa shape index (κ2) is 54.5. The van der Waals surface area contributed by atoms with Crippen molar-refractivity contribution in [3.63, 3.8) is 0 Å². The lowest BCUT2D eigenvalue weighted by Gasteiger charge is -2.40. The highest BCUT2D eigenvalue weighted by atomic mass is 16.7. The molecule has 6 N–H and O–H groups in total. The van der Waals surface area contributed by atoms with Crippen molar-refractivity contribution in [2.45, 2.75) is 346 Å². The molecule has 1 heterocycles. The third-order valence-corrected chi connectivity index (χ3v) is 15.1. The molecule has 0 aromatic carbocycles. The number of ether oxygens (including phenoxy) is 2. The van der Waals surface area contributed by atoms with Crippen LogP contribution in [0.25, 0.3) is 0 Å². The molecule has 1 saturated heterocycles. The van der Waals surface area contributed by atoms with Crippen molar-refractivity contribution >= 4 is 5.91 Å². The van der Waals surface area contributed by atoms with E-state index >= 15 is 0 Å². The maximum atomic E-state index is 13.1. The van der Waals surface area contributed by atoms with Gasteiger partial charge in [-0.05, 0) is 70.6 Å². The van der Waals surface area contributed by atoms with Crippen LogP contribution in [0.3, 0.4) is 0 Å². The van der Waals surface area contributed by atoms with Crippen molar-refractivity contribution in [3.8, 4) is 0 Å². The second-order valence-corrected chi connectivity index (χ2v) is 22.2. The zero-order valence-corrected chi connectivity index (χ0v) is 48.4. The molecular formula is C65H121NO8. The third-order valence-electron chi connectivity index (χ3n) is 15.1. The van der Waals surface area contributed by atoms with Gasteiger partial charge in [0.25, 0.3) is 0 Å². The van der Waals surface area contributed by atoms with E-state index in [1.54, 1.807) is 6.08 Å². The Morgan fingerprint density at radius 2 is 0.770 bits per heavy atom. The molecule has 0 bridgehead atoms. The quantitative estimate of drug-likeness (QED) is 0.0261. The molecular weight excluding hydrogens is 923 g/mol. The molecule has 434 valence electrons. The Balaban J connectivity index is 2.14. The minimum atomic E-state index is -1.57. The van der Waals surface area contributed by atoms with Crippen molar-refractivity contribution in [2.24, 2.45) is 0 Å². The summed E-state index contributed by atoms with van der Waals surface area (Å²) >= 11 is 0. The van der Waals surface area contributed by atoms with Crippen molar-refractivity contribution in [2.75, 3.05) is 13.2 Å². The normalized spacial score (nSPS) is 19.3. The summed E-state index contributed by atoms with van der Waals surface area (Å²) in [5.41, 5.74) is 0. The van der Waals surface area contributed by atoms with Gasteiger partial charge in [-0.25, -0.2) is 0 Å². The molecule has 7 atom stereocenters. The van der Waals surface area contributed by atoms with Crippen molar-refractivity contribution < 1.29 is 39.8 Å². The summed E-state index contributed by atoms with van der Waals surface area (Å²) in [6, 6.07) is -0.828. The van der Waals surface area contributed by atoms with Gasteiger partial charge in [-0.3, -0.25) is 4.79 Å². The number of carbonyl (C=O) groups excluding carboxylic acids is 1. The summed E-state index contributed by atoms with van der Waals surface area (Å²) in [6.45, 7) is 3.78. The number of carbonyl (C=O) groups is 1. The predicted octanol–water partition coefficient (Wildman–Crippen LogP) is 16.5. The third kappa shape index (κ3) is 43.2. The van der Waals surface area contributed by atoms with Gasteiger partial charge < -0.3 is 40.3 Å². The Kier molecular flexibility index (Phi) is 51.7. The van der Waals surface area contributed by atoms with E-state index < -0.39 is 49.5 Å². The molecule has 1 aliphatic rings. The Hall–Kier alpha value is -1.85. The van der Waals surface area contributed by atoms with Gasteiger partial charge in [0.2, 0.25) is 5.91 Å². The summed E-state index contributed by atoms with van der Waals surface area (Å²) in [7, 11) is 0. The molecule has 9 nitrogen and oxygen atoms in total. The molecule has 0 aliphatic carbocycles. The van der Waals surface area contributed by atoms with Crippen molar-refractivity contribution in [3.05, 3.63) is 48.6 Å². The Bertz CT molecular complexity index is 1300. The highest BCUT2D eigenvalue weighted by molar-refractivity contribution is 5.76. The Labute approximate surface area is 456 Å². The topological polar surface area (TPSA) is 149 Å². The zero-order valence-electron chi connectivity index (χ0n) is 48.4. The Morgan fingerprint density at radius 3 is 1.14 bits per heavy atom. The molecule has 0 saturated carbocycles. The van der Waals surface area contributed by atoms with E-state index in [4.69, 9.17) is 9.47 Å². The standard InChI is InChI=1S/C65H121NO8/c1-3-5-7-9-11-13-15-17-19-21-23-24-25-26-27-28-29-30-31-32-33-34-35-36-37-39-41-43-45-47-49-51-53-55-61(69)66-58(57-73-65-64(72)63(71)62(70)60(56-67)74-65)59(68)54-52-50-48-46-44-42-40-38-22-20-18-16-14-12-10-8-6-4-2/h21-23,38,44,46,52,54,58-60,62-65,67-68,70-72H,3-20,24-37,39-43,45,47-51,53,55-57H2,1-2H3,(H,66,69)/b23-21-,38-22+,46-44+,54-52+. The number of unbranched alkanes of at least 4 members (excludes halogenated alkanes) is 39. The number of amides is 1. The fourth-order valence-electron chi connectivity index (χ4n) is 10.1. The van der Waals surface area contributed by atoms with Crippen LogP contribution in [0.5, 0.6) is 0 Å². The van der Waals surface area contributed by atoms with Gasteiger partial charge in [0.1, 0.15) is 24.4 Å². The molecule has 0 aromatic heterocycles. The lowest BCUT2D eigenvalue weighted by molar-refractivity contribution is -0.302. The fraction of sp³-hybridized carbons (Fsp3) is 0.862. The van der Waals surface area contributed by atoms with Crippen LogP contribution in [0.2, 0.25) is 0 Å². The largest absolute Gasteiger partial charge is 0.394 e. The molecule has 9 heteroatoms. The molecule has 0 radical (unpaired) electrons. The number of aliphatic hydroxyl groups excluding tert-OH is 5. The van der Waals surface area contributed by atoms with E-state index in [2.05, 4.69) is 55.6 Å². The maximum absolute atomic E-state index is 13.1. The van der Waals surface area contributed by atoms with Crippen LogP contribution < -0.4 is 5.32 Å².